The highest BCUT2D eigenvalue weighted by Crippen LogP contribution is 2.37. The van der Waals surface area contributed by atoms with Gasteiger partial charge in [-0.05, 0) is 43.4 Å². The average molecular weight is 269 g/mol. The largest absolute Gasteiger partial charge is 0.338 e. The number of piperidine rings is 1. The van der Waals surface area contributed by atoms with Crippen molar-refractivity contribution in [2.45, 2.75) is 44.1 Å². The first-order valence-electron chi connectivity index (χ1n) is 7.56. The number of hydrogen-bond acceptors (Lipinski definition) is 4. The SMILES string of the molecule is c1ccc2c(c1)CCC2c1noc(C2CCCCN2)n1. The molecule has 1 fully saturated rings. The standard InChI is InChI=1S/C16H19N3O/c1-2-6-12-11(5-1)8-9-13(12)15-18-16(20-19-15)14-7-3-4-10-17-14/h1-2,5-6,13-14,17H,3-4,7-10H2. The van der Waals surface area contributed by atoms with Crippen molar-refractivity contribution in [3.05, 3.63) is 47.1 Å². The van der Waals surface area contributed by atoms with Gasteiger partial charge in [0.15, 0.2) is 5.82 Å². The number of rotatable bonds is 2. The molecule has 4 heteroatoms. The summed E-state index contributed by atoms with van der Waals surface area (Å²) in [6.07, 6.45) is 5.79. The Morgan fingerprint density at radius 2 is 2.10 bits per heavy atom. The molecular weight excluding hydrogens is 250 g/mol. The zero-order valence-electron chi connectivity index (χ0n) is 11.5. The van der Waals surface area contributed by atoms with Gasteiger partial charge in [0.1, 0.15) is 0 Å². The zero-order valence-corrected chi connectivity index (χ0v) is 11.5. The van der Waals surface area contributed by atoms with Crippen molar-refractivity contribution in [3.8, 4) is 0 Å². The fourth-order valence-corrected chi connectivity index (χ4v) is 3.42. The molecule has 2 atom stereocenters. The molecule has 1 aromatic heterocycles. The fraction of sp³-hybridized carbons (Fsp3) is 0.500. The topological polar surface area (TPSA) is 51.0 Å². The third kappa shape index (κ3) is 2.04. The lowest BCUT2D eigenvalue weighted by atomic mass is 10.0. The van der Waals surface area contributed by atoms with Crippen LogP contribution in [0.15, 0.2) is 28.8 Å². The first kappa shape index (κ1) is 12.1. The molecule has 2 aliphatic rings. The van der Waals surface area contributed by atoms with Crippen LogP contribution in [-0.4, -0.2) is 16.7 Å². The summed E-state index contributed by atoms with van der Waals surface area (Å²) in [4.78, 5) is 4.67. The highest BCUT2D eigenvalue weighted by atomic mass is 16.5. The third-order valence-electron chi connectivity index (χ3n) is 4.51. The van der Waals surface area contributed by atoms with E-state index in [9.17, 15) is 0 Å². The van der Waals surface area contributed by atoms with Crippen molar-refractivity contribution in [2.24, 2.45) is 0 Å². The molecule has 0 saturated carbocycles. The minimum Gasteiger partial charge on any atom is -0.338 e. The van der Waals surface area contributed by atoms with Crippen molar-refractivity contribution in [1.29, 1.82) is 0 Å². The number of nitrogens with zero attached hydrogens (tertiary/aromatic N) is 2. The highest BCUT2D eigenvalue weighted by molar-refractivity contribution is 5.38. The van der Waals surface area contributed by atoms with Crippen LogP contribution in [-0.2, 0) is 6.42 Å². The van der Waals surface area contributed by atoms with E-state index in [1.54, 1.807) is 0 Å². The number of fused-ring (bicyclic) bond motifs is 1. The predicted octanol–water partition coefficient (Wildman–Crippen LogP) is 2.96. The van der Waals surface area contributed by atoms with E-state index in [2.05, 4.69) is 39.7 Å². The van der Waals surface area contributed by atoms with Crippen LogP contribution < -0.4 is 5.32 Å². The first-order valence-corrected chi connectivity index (χ1v) is 7.56. The summed E-state index contributed by atoms with van der Waals surface area (Å²) in [5.74, 6) is 1.94. The van der Waals surface area contributed by atoms with E-state index >= 15 is 0 Å². The highest BCUT2D eigenvalue weighted by Gasteiger charge is 2.29. The second-order valence-electron chi connectivity index (χ2n) is 5.78. The molecule has 2 aromatic rings. The van der Waals surface area contributed by atoms with Gasteiger partial charge in [-0.3, -0.25) is 0 Å². The molecule has 2 unspecified atom stereocenters. The van der Waals surface area contributed by atoms with Gasteiger partial charge in [0.25, 0.3) is 0 Å². The second-order valence-corrected chi connectivity index (χ2v) is 5.78. The molecule has 0 amide bonds. The zero-order chi connectivity index (χ0) is 13.4. The summed E-state index contributed by atoms with van der Waals surface area (Å²) in [5.41, 5.74) is 2.80. The molecule has 20 heavy (non-hydrogen) atoms. The van der Waals surface area contributed by atoms with Crippen molar-refractivity contribution in [1.82, 2.24) is 15.5 Å². The van der Waals surface area contributed by atoms with E-state index in [0.29, 0.717) is 5.92 Å². The Bertz CT molecular complexity index is 601. The third-order valence-corrected chi connectivity index (χ3v) is 4.51. The summed E-state index contributed by atoms with van der Waals surface area (Å²) in [7, 11) is 0. The maximum Gasteiger partial charge on any atom is 0.243 e. The fourth-order valence-electron chi connectivity index (χ4n) is 3.42. The Labute approximate surface area is 118 Å². The number of nitrogens with one attached hydrogen (secondary N) is 1. The Balaban J connectivity index is 1.59. The Morgan fingerprint density at radius 3 is 3.00 bits per heavy atom. The summed E-state index contributed by atoms with van der Waals surface area (Å²) in [6, 6.07) is 8.86. The minimum atomic E-state index is 0.252. The molecule has 104 valence electrons. The second kappa shape index (κ2) is 5.02. The smallest absolute Gasteiger partial charge is 0.243 e. The average Bonchev–Trinajstić information content (AvgIpc) is 3.14. The van der Waals surface area contributed by atoms with Crippen molar-refractivity contribution in [3.63, 3.8) is 0 Å². The molecule has 0 bridgehead atoms. The molecule has 2 heterocycles. The molecule has 4 nitrogen and oxygen atoms in total. The van der Waals surface area contributed by atoms with Crippen molar-refractivity contribution < 1.29 is 4.52 Å². The first-order chi connectivity index (χ1) is 9.92. The Hall–Kier alpha value is -1.68. The van der Waals surface area contributed by atoms with E-state index in [1.165, 1.54) is 24.0 Å². The van der Waals surface area contributed by atoms with Gasteiger partial charge in [-0.2, -0.15) is 4.98 Å². The van der Waals surface area contributed by atoms with Crippen LogP contribution in [0.3, 0.4) is 0 Å². The van der Waals surface area contributed by atoms with E-state index in [4.69, 9.17) is 4.52 Å². The van der Waals surface area contributed by atoms with E-state index < -0.39 is 0 Å². The number of aryl methyl sites for hydroxylation is 1. The predicted molar refractivity (Wildman–Crippen MR) is 75.5 cm³/mol. The monoisotopic (exact) mass is 269 g/mol. The Kier molecular flexibility index (Phi) is 3.03. The van der Waals surface area contributed by atoms with Gasteiger partial charge >= 0.3 is 0 Å². The van der Waals surface area contributed by atoms with Crippen LogP contribution >= 0.6 is 0 Å². The lowest BCUT2D eigenvalue weighted by Gasteiger charge is -2.19. The van der Waals surface area contributed by atoms with Crippen molar-refractivity contribution in [2.75, 3.05) is 6.54 Å². The van der Waals surface area contributed by atoms with Crippen LogP contribution in [0.4, 0.5) is 0 Å². The van der Waals surface area contributed by atoms with Crippen LogP contribution in [0, 0.1) is 0 Å². The van der Waals surface area contributed by atoms with Crippen molar-refractivity contribution >= 4 is 0 Å². The molecule has 1 aromatic carbocycles. The summed E-state index contributed by atoms with van der Waals surface area (Å²) in [5, 5.41) is 7.71. The normalized spacial score (nSPS) is 25.6. The minimum absolute atomic E-state index is 0.252. The molecule has 1 N–H and O–H groups in total. The molecule has 4 rings (SSSR count). The van der Waals surface area contributed by atoms with Gasteiger partial charge in [0, 0.05) is 5.92 Å². The molecule has 0 radical (unpaired) electrons. The molecular formula is C16H19N3O. The van der Waals surface area contributed by atoms with Gasteiger partial charge in [0.2, 0.25) is 5.89 Å². The number of aromatic nitrogens is 2. The van der Waals surface area contributed by atoms with Crippen LogP contribution in [0.1, 0.15) is 60.5 Å². The number of hydrogen-bond donors (Lipinski definition) is 1. The van der Waals surface area contributed by atoms with Crippen LogP contribution in [0.5, 0.6) is 0 Å². The molecule has 0 spiro atoms. The van der Waals surface area contributed by atoms with Gasteiger partial charge in [-0.15, -0.1) is 0 Å². The maximum absolute atomic E-state index is 5.51. The van der Waals surface area contributed by atoms with E-state index in [-0.39, 0.29) is 6.04 Å². The van der Waals surface area contributed by atoms with Crippen LogP contribution in [0.2, 0.25) is 0 Å². The molecule has 1 aliphatic heterocycles. The van der Waals surface area contributed by atoms with E-state index in [0.717, 1.165) is 37.5 Å². The molecule has 1 aliphatic carbocycles. The lowest BCUT2D eigenvalue weighted by Crippen LogP contribution is -2.27. The van der Waals surface area contributed by atoms with Gasteiger partial charge < -0.3 is 9.84 Å². The number of benzene rings is 1. The molecule has 1 saturated heterocycles. The maximum atomic E-state index is 5.51. The van der Waals surface area contributed by atoms with Gasteiger partial charge in [0.05, 0.1) is 6.04 Å². The quantitative estimate of drug-likeness (QED) is 0.910. The summed E-state index contributed by atoms with van der Waals surface area (Å²) < 4.78 is 5.51. The lowest BCUT2D eigenvalue weighted by molar-refractivity contribution is 0.295. The summed E-state index contributed by atoms with van der Waals surface area (Å²) in [6.45, 7) is 1.05. The summed E-state index contributed by atoms with van der Waals surface area (Å²) >= 11 is 0. The Morgan fingerprint density at radius 1 is 1.15 bits per heavy atom. The van der Waals surface area contributed by atoms with Gasteiger partial charge in [-0.25, -0.2) is 0 Å². The van der Waals surface area contributed by atoms with Crippen LogP contribution in [0.25, 0.3) is 0 Å². The van der Waals surface area contributed by atoms with Gasteiger partial charge in [-0.1, -0.05) is 35.8 Å². The van der Waals surface area contributed by atoms with E-state index in [1.807, 2.05) is 0 Å².